The number of anilines is 1. The Hall–Kier alpha value is -3.67. The Labute approximate surface area is 225 Å². The Balaban J connectivity index is 1.75. The van der Waals surface area contributed by atoms with E-state index in [9.17, 15) is 9.59 Å². The van der Waals surface area contributed by atoms with Crippen molar-refractivity contribution in [3.63, 3.8) is 0 Å². The molecule has 2 heterocycles. The maximum Gasteiger partial charge on any atom is 0.326 e. The molecule has 1 aromatic rings. The van der Waals surface area contributed by atoms with Gasteiger partial charge in [0.2, 0.25) is 5.36 Å². The van der Waals surface area contributed by atoms with Gasteiger partial charge in [-0.05, 0) is 57.5 Å². The summed E-state index contributed by atoms with van der Waals surface area (Å²) in [5.41, 5.74) is 2.96. The molecule has 0 saturated carbocycles. The molecule has 0 amide bonds. The molecule has 1 aromatic carbocycles. The molecule has 1 atom stereocenters. The van der Waals surface area contributed by atoms with Gasteiger partial charge in [-0.3, -0.25) is 9.59 Å². The van der Waals surface area contributed by atoms with Crippen molar-refractivity contribution in [3.8, 4) is 17.1 Å². The van der Waals surface area contributed by atoms with Crippen LogP contribution in [0.5, 0.6) is 5.75 Å². The van der Waals surface area contributed by atoms with E-state index in [0.717, 1.165) is 59.9 Å². The zero-order valence-corrected chi connectivity index (χ0v) is 23.6. The van der Waals surface area contributed by atoms with Gasteiger partial charge in [-0.2, -0.15) is 0 Å². The van der Waals surface area contributed by atoms with Gasteiger partial charge in [-0.15, -0.1) is 0 Å². The molecule has 3 aliphatic rings. The fraction of sp³-hybridized carbons (Fsp3) is 0.406. The van der Waals surface area contributed by atoms with Crippen molar-refractivity contribution in [1.82, 2.24) is 4.58 Å². The third kappa shape index (κ3) is 5.31. The summed E-state index contributed by atoms with van der Waals surface area (Å²) in [5, 5.41) is 1.10. The van der Waals surface area contributed by atoms with Crippen LogP contribution in [0.4, 0.5) is 5.69 Å². The third-order valence-electron chi connectivity index (χ3n) is 7.22. The number of carbonyl (C=O) groups is 2. The van der Waals surface area contributed by atoms with Crippen LogP contribution in [0.1, 0.15) is 70.1 Å². The van der Waals surface area contributed by atoms with Gasteiger partial charge in [0.1, 0.15) is 36.3 Å². The van der Waals surface area contributed by atoms with Gasteiger partial charge in [0, 0.05) is 41.9 Å². The van der Waals surface area contributed by atoms with Crippen molar-refractivity contribution in [2.45, 2.75) is 53.9 Å². The predicted octanol–water partition coefficient (Wildman–Crippen LogP) is 5.77. The van der Waals surface area contributed by atoms with Gasteiger partial charge in [-0.1, -0.05) is 32.9 Å². The summed E-state index contributed by atoms with van der Waals surface area (Å²) in [6, 6.07) is 13.7. The molecule has 6 heteroatoms. The minimum atomic E-state index is -0.998. The number of hydrogen-bond acceptors (Lipinski definition) is 5. The topological polar surface area (TPSA) is 62.8 Å². The number of esters is 1. The summed E-state index contributed by atoms with van der Waals surface area (Å²) in [4.78, 5) is 28.5. The summed E-state index contributed by atoms with van der Waals surface area (Å²) in [6.07, 6.45) is 3.51. The van der Waals surface area contributed by atoms with Crippen molar-refractivity contribution < 1.29 is 18.7 Å². The van der Waals surface area contributed by atoms with Crippen molar-refractivity contribution in [3.05, 3.63) is 70.8 Å². The fourth-order valence-electron chi connectivity index (χ4n) is 4.89. The van der Waals surface area contributed by atoms with Gasteiger partial charge >= 0.3 is 5.97 Å². The number of nitrogens with zero attached hydrogens (tertiary/aromatic N) is 2. The lowest BCUT2D eigenvalue weighted by molar-refractivity contribution is -0.136. The van der Waals surface area contributed by atoms with Crippen LogP contribution in [-0.2, 0) is 10.2 Å². The highest BCUT2D eigenvalue weighted by Crippen LogP contribution is 2.35. The minimum Gasteiger partial charge on any atom is -0.460 e. The van der Waals surface area contributed by atoms with E-state index < -0.39 is 11.9 Å². The lowest BCUT2D eigenvalue weighted by Crippen LogP contribution is -2.32. The summed E-state index contributed by atoms with van der Waals surface area (Å²) >= 11 is 0. The molecule has 0 spiro atoms. The van der Waals surface area contributed by atoms with Crippen LogP contribution in [0.25, 0.3) is 17.4 Å². The number of carbonyl (C=O) groups excluding carboxylic acids is 2. The summed E-state index contributed by atoms with van der Waals surface area (Å²) in [7, 11) is 0. The van der Waals surface area contributed by atoms with Gasteiger partial charge in [0.15, 0.2) is 5.78 Å². The average molecular weight is 516 g/mol. The largest absolute Gasteiger partial charge is 0.460 e. The lowest BCUT2D eigenvalue weighted by atomic mass is 9.89. The van der Waals surface area contributed by atoms with Crippen molar-refractivity contribution >= 4 is 23.5 Å². The highest BCUT2D eigenvalue weighted by molar-refractivity contribution is 6.15. The smallest absolute Gasteiger partial charge is 0.326 e. The molecule has 200 valence electrons. The molecule has 2 aliphatic heterocycles. The predicted molar refractivity (Wildman–Crippen MR) is 153 cm³/mol. The van der Waals surface area contributed by atoms with Gasteiger partial charge in [-0.25, -0.2) is 4.58 Å². The molecule has 1 unspecified atom stereocenters. The van der Waals surface area contributed by atoms with E-state index in [4.69, 9.17) is 9.15 Å². The maximum absolute atomic E-state index is 13.4. The maximum atomic E-state index is 13.4. The Bertz CT molecular complexity index is 1410. The average Bonchev–Trinajstić information content (AvgIpc) is 2.89. The van der Waals surface area contributed by atoms with E-state index in [1.54, 1.807) is 18.2 Å². The SMILES string of the molecule is CCN(CC)c1ccc2c(c1)OC(=O)C(/C=C/c1cc(C(C)(C)C)oc3cc(=[N+](CC)CC)ccc1-3)C2=O. The van der Waals surface area contributed by atoms with Crippen LogP contribution in [0.2, 0.25) is 0 Å². The molecule has 0 radical (unpaired) electrons. The van der Waals surface area contributed by atoms with Crippen molar-refractivity contribution in [1.29, 1.82) is 0 Å². The van der Waals surface area contributed by atoms with Crippen LogP contribution in [0.3, 0.4) is 0 Å². The van der Waals surface area contributed by atoms with E-state index in [2.05, 4.69) is 70.1 Å². The fourth-order valence-corrected chi connectivity index (χ4v) is 4.89. The first kappa shape index (κ1) is 27.4. The number of hydrogen-bond donors (Lipinski definition) is 0. The van der Waals surface area contributed by atoms with E-state index in [1.165, 1.54) is 0 Å². The minimum absolute atomic E-state index is 0.219. The van der Waals surface area contributed by atoms with Crippen molar-refractivity contribution in [2.24, 2.45) is 5.92 Å². The highest BCUT2D eigenvalue weighted by atomic mass is 16.5. The first-order valence-electron chi connectivity index (χ1n) is 13.6. The molecule has 0 bridgehead atoms. The van der Waals surface area contributed by atoms with E-state index in [1.807, 2.05) is 24.3 Å². The zero-order valence-electron chi connectivity index (χ0n) is 23.6. The number of Topliss-reactive ketones (excluding diaryl/α,β-unsaturated/α-hetero) is 1. The lowest BCUT2D eigenvalue weighted by Gasteiger charge is -2.25. The Morgan fingerprint density at radius 3 is 2.24 bits per heavy atom. The quantitative estimate of drug-likeness (QED) is 0.173. The Morgan fingerprint density at radius 1 is 0.921 bits per heavy atom. The number of rotatable bonds is 7. The van der Waals surface area contributed by atoms with Gasteiger partial charge in [0.05, 0.1) is 11.6 Å². The summed E-state index contributed by atoms with van der Waals surface area (Å²) in [6.45, 7) is 18.2. The number of ether oxygens (including phenoxy) is 1. The second-order valence-electron chi connectivity index (χ2n) is 10.6. The monoisotopic (exact) mass is 515 g/mol. The second kappa shape index (κ2) is 11.0. The van der Waals surface area contributed by atoms with Crippen LogP contribution in [0, 0.1) is 5.92 Å². The van der Waals surface area contributed by atoms with E-state index in [0.29, 0.717) is 11.3 Å². The molecule has 4 rings (SSSR count). The first-order valence-corrected chi connectivity index (χ1v) is 13.6. The van der Waals surface area contributed by atoms with Gasteiger partial charge in [0.25, 0.3) is 0 Å². The van der Waals surface area contributed by atoms with Crippen LogP contribution in [-0.4, -0.2) is 37.9 Å². The highest BCUT2D eigenvalue weighted by Gasteiger charge is 2.35. The molecule has 1 aliphatic carbocycles. The van der Waals surface area contributed by atoms with Crippen molar-refractivity contribution in [2.75, 3.05) is 31.1 Å². The van der Waals surface area contributed by atoms with Gasteiger partial charge < -0.3 is 14.1 Å². The molecule has 0 saturated heterocycles. The standard InChI is InChI=1S/C32H39N2O4/c1-8-33(9-2)22-13-16-24-21(18-29(32(5,6)7)37-27(24)19-22)12-15-26-30(35)25-17-14-23(34(10-3)11-4)20-28(25)38-31(26)36/h12-20,26H,8-11H2,1-7H3/q+1/b15-12+. The molecule has 6 nitrogen and oxygen atoms in total. The molecule has 0 aromatic heterocycles. The van der Waals surface area contributed by atoms with Crippen LogP contribution >= 0.6 is 0 Å². The van der Waals surface area contributed by atoms with E-state index in [-0.39, 0.29) is 11.2 Å². The summed E-state index contributed by atoms with van der Waals surface area (Å²) < 4.78 is 14.3. The molecular weight excluding hydrogens is 476 g/mol. The number of ketones is 1. The first-order chi connectivity index (χ1) is 18.1. The Morgan fingerprint density at radius 2 is 1.61 bits per heavy atom. The number of fused-ring (bicyclic) bond motifs is 2. The molecular formula is C32H39N2O4+. The number of benzene rings is 2. The normalized spacial score (nSPS) is 15.6. The third-order valence-corrected chi connectivity index (χ3v) is 7.22. The Kier molecular flexibility index (Phi) is 7.91. The van der Waals surface area contributed by atoms with E-state index >= 15 is 0 Å². The summed E-state index contributed by atoms with van der Waals surface area (Å²) in [5.74, 6) is 0.129. The molecule has 0 fully saturated rings. The molecule has 38 heavy (non-hydrogen) atoms. The second-order valence-corrected chi connectivity index (χ2v) is 10.6. The molecule has 0 N–H and O–H groups in total. The van der Waals surface area contributed by atoms with Crippen LogP contribution in [0.15, 0.2) is 53.0 Å². The zero-order chi connectivity index (χ0) is 27.6. The van der Waals surface area contributed by atoms with Crippen LogP contribution < -0.4 is 19.6 Å².